The molecule has 1 heterocycles. The molecule has 0 aromatic carbocycles. The lowest BCUT2D eigenvalue weighted by molar-refractivity contribution is 0.486. The van der Waals surface area contributed by atoms with Gasteiger partial charge < -0.3 is 0 Å². The molecule has 0 bridgehead atoms. The molecule has 0 spiro atoms. The quantitative estimate of drug-likeness (QED) is 0.584. The molecule has 1 aromatic rings. The van der Waals surface area contributed by atoms with Crippen molar-refractivity contribution in [3.63, 3.8) is 0 Å². The van der Waals surface area contributed by atoms with Crippen molar-refractivity contribution in [1.29, 1.82) is 0 Å². The molecular formula is C12H19N3. The molecule has 2 rings (SSSR count). The van der Waals surface area contributed by atoms with Gasteiger partial charge in [-0.05, 0) is 43.9 Å². The van der Waals surface area contributed by atoms with Crippen LogP contribution >= 0.6 is 0 Å². The van der Waals surface area contributed by atoms with Crippen LogP contribution < -0.4 is 11.3 Å². The molecule has 0 amide bonds. The number of hydrazine groups is 1. The van der Waals surface area contributed by atoms with E-state index >= 15 is 0 Å². The summed E-state index contributed by atoms with van der Waals surface area (Å²) in [6.07, 6.45) is 3.88. The average molecular weight is 205 g/mol. The fraction of sp³-hybridized carbons (Fsp3) is 0.583. The molecule has 1 aliphatic rings. The first-order valence-corrected chi connectivity index (χ1v) is 5.60. The van der Waals surface area contributed by atoms with Gasteiger partial charge in [0, 0.05) is 17.4 Å². The predicted molar refractivity (Wildman–Crippen MR) is 61.1 cm³/mol. The molecule has 1 aromatic heterocycles. The van der Waals surface area contributed by atoms with E-state index in [2.05, 4.69) is 22.5 Å². The van der Waals surface area contributed by atoms with E-state index in [4.69, 9.17) is 5.84 Å². The Morgan fingerprint density at radius 2 is 2.00 bits per heavy atom. The van der Waals surface area contributed by atoms with Crippen LogP contribution in [0.4, 0.5) is 0 Å². The Morgan fingerprint density at radius 3 is 2.47 bits per heavy atom. The van der Waals surface area contributed by atoms with Gasteiger partial charge in [-0.15, -0.1) is 0 Å². The first-order valence-electron chi connectivity index (χ1n) is 5.60. The third-order valence-electron chi connectivity index (χ3n) is 2.97. The third-order valence-corrected chi connectivity index (χ3v) is 2.97. The lowest BCUT2D eigenvalue weighted by atomic mass is 10.0. The van der Waals surface area contributed by atoms with Crippen molar-refractivity contribution in [3.8, 4) is 0 Å². The van der Waals surface area contributed by atoms with Crippen molar-refractivity contribution in [3.05, 3.63) is 29.1 Å². The number of aryl methyl sites for hydroxylation is 2. The lowest BCUT2D eigenvalue weighted by Crippen LogP contribution is -2.28. The molecule has 3 nitrogen and oxygen atoms in total. The van der Waals surface area contributed by atoms with Gasteiger partial charge in [-0.25, -0.2) is 0 Å². The first kappa shape index (κ1) is 10.6. The minimum Gasteiger partial charge on any atom is -0.271 e. The van der Waals surface area contributed by atoms with E-state index in [1.165, 1.54) is 18.4 Å². The van der Waals surface area contributed by atoms with Crippen molar-refractivity contribution >= 4 is 0 Å². The van der Waals surface area contributed by atoms with Crippen LogP contribution in [-0.4, -0.2) is 4.98 Å². The molecule has 0 saturated heterocycles. The van der Waals surface area contributed by atoms with Gasteiger partial charge in [0.1, 0.15) is 0 Å². The number of pyridine rings is 1. The molecule has 0 aliphatic heterocycles. The van der Waals surface area contributed by atoms with Crippen molar-refractivity contribution in [2.45, 2.75) is 39.2 Å². The number of aromatic nitrogens is 1. The summed E-state index contributed by atoms with van der Waals surface area (Å²) in [5.74, 6) is 6.49. The topological polar surface area (TPSA) is 50.9 Å². The molecule has 1 atom stereocenters. The SMILES string of the molecule is Cc1cc(C(CC2CC2)NN)cc(C)n1. The Labute approximate surface area is 91.1 Å². The van der Waals surface area contributed by atoms with Gasteiger partial charge in [0.15, 0.2) is 0 Å². The lowest BCUT2D eigenvalue weighted by Gasteiger charge is -2.16. The first-order chi connectivity index (χ1) is 7.19. The Hall–Kier alpha value is -0.930. The van der Waals surface area contributed by atoms with Gasteiger partial charge in [0.2, 0.25) is 0 Å². The van der Waals surface area contributed by atoms with E-state index in [0.29, 0.717) is 0 Å². The molecule has 3 heteroatoms. The minimum absolute atomic E-state index is 0.290. The second-order valence-electron chi connectivity index (χ2n) is 4.58. The van der Waals surface area contributed by atoms with Crippen molar-refractivity contribution < 1.29 is 0 Å². The van der Waals surface area contributed by atoms with Crippen LogP contribution in [0.25, 0.3) is 0 Å². The van der Waals surface area contributed by atoms with Crippen LogP contribution in [0.15, 0.2) is 12.1 Å². The van der Waals surface area contributed by atoms with Crippen molar-refractivity contribution in [2.24, 2.45) is 11.8 Å². The molecule has 82 valence electrons. The second kappa shape index (κ2) is 4.29. The zero-order valence-electron chi connectivity index (χ0n) is 9.46. The predicted octanol–water partition coefficient (Wildman–Crippen LogP) is 2.00. The normalized spacial score (nSPS) is 17.8. The smallest absolute Gasteiger partial charge is 0.0463 e. The van der Waals surface area contributed by atoms with Gasteiger partial charge in [0.05, 0.1) is 0 Å². The molecule has 1 fully saturated rings. The summed E-state index contributed by atoms with van der Waals surface area (Å²) in [4.78, 5) is 4.38. The Kier molecular flexibility index (Phi) is 3.03. The molecule has 1 saturated carbocycles. The van der Waals surface area contributed by atoms with Crippen LogP contribution in [0.3, 0.4) is 0 Å². The van der Waals surface area contributed by atoms with E-state index in [1.807, 2.05) is 13.8 Å². The second-order valence-corrected chi connectivity index (χ2v) is 4.58. The van der Waals surface area contributed by atoms with E-state index in [0.717, 1.165) is 23.7 Å². The number of rotatable bonds is 4. The molecule has 15 heavy (non-hydrogen) atoms. The minimum atomic E-state index is 0.290. The third kappa shape index (κ3) is 2.76. The number of hydrogen-bond acceptors (Lipinski definition) is 3. The fourth-order valence-electron chi connectivity index (χ4n) is 2.06. The number of hydrogen-bond donors (Lipinski definition) is 2. The Balaban J connectivity index is 2.16. The Morgan fingerprint density at radius 1 is 1.40 bits per heavy atom. The maximum Gasteiger partial charge on any atom is 0.0463 e. The summed E-state index contributed by atoms with van der Waals surface area (Å²) in [7, 11) is 0. The van der Waals surface area contributed by atoms with Crippen molar-refractivity contribution in [2.75, 3.05) is 0 Å². The van der Waals surface area contributed by atoms with Crippen LogP contribution in [0.2, 0.25) is 0 Å². The molecule has 3 N–H and O–H groups in total. The Bertz CT molecular complexity index is 324. The average Bonchev–Trinajstić information content (AvgIpc) is 2.96. The van der Waals surface area contributed by atoms with Gasteiger partial charge in [-0.3, -0.25) is 16.3 Å². The number of nitrogens with zero attached hydrogens (tertiary/aromatic N) is 1. The van der Waals surface area contributed by atoms with Crippen LogP contribution in [0.1, 0.15) is 42.3 Å². The maximum absolute atomic E-state index is 5.61. The molecule has 0 radical (unpaired) electrons. The molecular weight excluding hydrogens is 186 g/mol. The van der Waals surface area contributed by atoms with E-state index in [-0.39, 0.29) is 6.04 Å². The largest absolute Gasteiger partial charge is 0.271 e. The number of nitrogens with two attached hydrogens (primary N) is 1. The molecule has 1 unspecified atom stereocenters. The van der Waals surface area contributed by atoms with Crippen LogP contribution in [0.5, 0.6) is 0 Å². The van der Waals surface area contributed by atoms with E-state index in [9.17, 15) is 0 Å². The fourth-order valence-corrected chi connectivity index (χ4v) is 2.06. The van der Waals surface area contributed by atoms with Crippen molar-refractivity contribution in [1.82, 2.24) is 10.4 Å². The highest BCUT2D eigenvalue weighted by Crippen LogP contribution is 2.37. The van der Waals surface area contributed by atoms with Gasteiger partial charge in [-0.1, -0.05) is 12.8 Å². The summed E-state index contributed by atoms with van der Waals surface area (Å²) in [6, 6.07) is 4.54. The highest BCUT2D eigenvalue weighted by Gasteiger charge is 2.25. The van der Waals surface area contributed by atoms with Crippen LogP contribution in [0, 0.1) is 19.8 Å². The highest BCUT2D eigenvalue weighted by atomic mass is 15.2. The highest BCUT2D eigenvalue weighted by molar-refractivity contribution is 5.23. The van der Waals surface area contributed by atoms with Gasteiger partial charge >= 0.3 is 0 Å². The zero-order valence-corrected chi connectivity index (χ0v) is 9.46. The van der Waals surface area contributed by atoms with E-state index in [1.54, 1.807) is 0 Å². The summed E-state index contributed by atoms with van der Waals surface area (Å²) >= 11 is 0. The van der Waals surface area contributed by atoms with Crippen LogP contribution in [-0.2, 0) is 0 Å². The zero-order chi connectivity index (χ0) is 10.8. The van der Waals surface area contributed by atoms with E-state index < -0.39 is 0 Å². The maximum atomic E-state index is 5.61. The summed E-state index contributed by atoms with van der Waals surface area (Å²) < 4.78 is 0. The van der Waals surface area contributed by atoms with Gasteiger partial charge in [0.25, 0.3) is 0 Å². The van der Waals surface area contributed by atoms with Gasteiger partial charge in [-0.2, -0.15) is 0 Å². The number of nitrogens with one attached hydrogen (secondary N) is 1. The molecule has 1 aliphatic carbocycles. The standard InChI is InChI=1S/C12H19N3/c1-8-5-11(6-9(2)14-8)12(15-13)7-10-3-4-10/h5-6,10,12,15H,3-4,7,13H2,1-2H3. The summed E-state index contributed by atoms with van der Waals surface area (Å²) in [5.41, 5.74) is 6.33. The summed E-state index contributed by atoms with van der Waals surface area (Å²) in [5, 5.41) is 0. The monoisotopic (exact) mass is 205 g/mol. The summed E-state index contributed by atoms with van der Waals surface area (Å²) in [6.45, 7) is 4.06.